The highest BCUT2D eigenvalue weighted by Crippen LogP contribution is 2.35. The molecule has 7 rings (SSSR count). The topological polar surface area (TPSA) is 132 Å². The molecule has 3 N–H and O–H groups in total. The van der Waals surface area contributed by atoms with Gasteiger partial charge >= 0.3 is 6.03 Å². The van der Waals surface area contributed by atoms with E-state index < -0.39 is 6.03 Å². The Balaban J connectivity index is 1.21. The summed E-state index contributed by atoms with van der Waals surface area (Å²) in [5, 5.41) is 3.42. The second-order valence-corrected chi connectivity index (χ2v) is 10.2. The van der Waals surface area contributed by atoms with Gasteiger partial charge in [0, 0.05) is 43.2 Å². The second kappa shape index (κ2) is 8.46. The molecule has 37 heavy (non-hydrogen) atoms. The van der Waals surface area contributed by atoms with Crippen LogP contribution >= 0.6 is 0 Å². The Bertz CT molecular complexity index is 1410. The van der Waals surface area contributed by atoms with Crippen molar-refractivity contribution < 1.29 is 14.3 Å². The molecule has 2 fully saturated rings. The molecule has 1 saturated carbocycles. The maximum atomic E-state index is 12.5. The summed E-state index contributed by atoms with van der Waals surface area (Å²) in [7, 11) is 0. The number of nitrogens with one attached hydrogen (secondary N) is 1. The number of amides is 3. The number of fused-ring (bicyclic) bond motifs is 2. The van der Waals surface area contributed by atoms with Gasteiger partial charge in [0.2, 0.25) is 11.9 Å². The van der Waals surface area contributed by atoms with E-state index in [9.17, 15) is 9.59 Å². The first-order chi connectivity index (χ1) is 18.0. The molecule has 190 valence electrons. The van der Waals surface area contributed by atoms with E-state index in [0.29, 0.717) is 38.0 Å². The normalized spacial score (nSPS) is 20.1. The Morgan fingerprint density at radius 1 is 1.08 bits per heavy atom. The molecular weight excluding hydrogens is 472 g/mol. The Hall–Kier alpha value is -4.15. The molecule has 4 aliphatic rings. The molecule has 11 heteroatoms. The third-order valence-electron chi connectivity index (χ3n) is 7.63. The van der Waals surface area contributed by atoms with Gasteiger partial charge in [-0.15, -0.1) is 0 Å². The van der Waals surface area contributed by atoms with E-state index in [2.05, 4.69) is 16.4 Å². The van der Waals surface area contributed by atoms with Crippen LogP contribution in [-0.4, -0.2) is 67.0 Å². The van der Waals surface area contributed by atoms with Crippen LogP contribution in [0, 0.1) is 5.92 Å². The molecule has 3 amide bonds. The number of carbonyl (C=O) groups excluding carboxylic acids is 2. The summed E-state index contributed by atoms with van der Waals surface area (Å²) in [6.07, 6.45) is 5.48. The monoisotopic (exact) mass is 500 g/mol. The van der Waals surface area contributed by atoms with Crippen molar-refractivity contribution in [2.75, 3.05) is 25.0 Å². The zero-order valence-corrected chi connectivity index (χ0v) is 20.4. The molecule has 1 aliphatic carbocycles. The van der Waals surface area contributed by atoms with Crippen LogP contribution in [0.25, 0.3) is 17.2 Å². The number of ether oxygens (including phenoxy) is 1. The van der Waals surface area contributed by atoms with Crippen LogP contribution in [-0.2, 0) is 24.3 Å². The average molecular weight is 501 g/mol. The molecule has 3 aliphatic heterocycles. The van der Waals surface area contributed by atoms with E-state index in [4.69, 9.17) is 20.4 Å². The minimum atomic E-state index is -0.475. The Labute approximate surface area is 213 Å². The number of likely N-dealkylation sites (tertiary alicyclic amines) is 1. The summed E-state index contributed by atoms with van der Waals surface area (Å²) in [4.78, 5) is 42.1. The number of carbonyl (C=O) groups is 2. The highest BCUT2D eigenvalue weighted by Gasteiger charge is 2.37. The van der Waals surface area contributed by atoms with Crippen LogP contribution in [0.3, 0.4) is 0 Å². The lowest BCUT2D eigenvalue weighted by molar-refractivity contribution is -0.131. The molecule has 11 nitrogen and oxygen atoms in total. The number of hydrogen-bond acceptors (Lipinski definition) is 7. The molecule has 1 atom stereocenters. The predicted octanol–water partition coefficient (Wildman–Crippen LogP) is 2.08. The fourth-order valence-corrected chi connectivity index (χ4v) is 5.52. The number of nitrogens with two attached hydrogens (primary N) is 1. The minimum absolute atomic E-state index is 0.105. The SMILES string of the molecule is NC(=O)N1Cc2nc(-c3ccc4c(c3)CCO4)n(-c3ccnc(N[C@@H]4CCN(C(=O)C5CC5)C4)n3)c2C1. The lowest BCUT2D eigenvalue weighted by Gasteiger charge is -2.18. The van der Waals surface area contributed by atoms with E-state index in [1.807, 2.05) is 27.7 Å². The average Bonchev–Trinajstić information content (AvgIpc) is 3.23. The first-order valence-corrected chi connectivity index (χ1v) is 12.8. The maximum Gasteiger partial charge on any atom is 0.315 e. The van der Waals surface area contributed by atoms with Crippen LogP contribution in [0.15, 0.2) is 30.5 Å². The molecule has 0 unspecified atom stereocenters. The van der Waals surface area contributed by atoms with E-state index in [-0.39, 0.29) is 17.9 Å². The molecule has 1 aromatic carbocycles. The summed E-state index contributed by atoms with van der Waals surface area (Å²) < 4.78 is 7.69. The van der Waals surface area contributed by atoms with Crippen LogP contribution in [0.5, 0.6) is 5.75 Å². The van der Waals surface area contributed by atoms with Crippen molar-refractivity contribution in [3.8, 4) is 23.0 Å². The van der Waals surface area contributed by atoms with Crippen molar-refractivity contribution in [1.82, 2.24) is 29.3 Å². The number of nitrogens with zero attached hydrogens (tertiary/aromatic N) is 6. The van der Waals surface area contributed by atoms with Gasteiger partial charge in [0.1, 0.15) is 17.4 Å². The molecular formula is C26H28N8O3. The largest absolute Gasteiger partial charge is 0.493 e. The van der Waals surface area contributed by atoms with Crippen molar-refractivity contribution in [2.24, 2.45) is 11.7 Å². The van der Waals surface area contributed by atoms with E-state index >= 15 is 0 Å². The molecule has 0 spiro atoms. The van der Waals surface area contributed by atoms with Crippen LogP contribution in [0.2, 0.25) is 0 Å². The summed E-state index contributed by atoms with van der Waals surface area (Å²) in [6.45, 7) is 2.83. The van der Waals surface area contributed by atoms with Crippen molar-refractivity contribution in [3.05, 3.63) is 47.4 Å². The van der Waals surface area contributed by atoms with Crippen molar-refractivity contribution in [2.45, 2.75) is 44.8 Å². The third-order valence-corrected chi connectivity index (χ3v) is 7.63. The van der Waals surface area contributed by atoms with Crippen LogP contribution in [0.4, 0.5) is 10.7 Å². The van der Waals surface area contributed by atoms with Crippen molar-refractivity contribution in [3.63, 3.8) is 0 Å². The van der Waals surface area contributed by atoms with Gasteiger partial charge in [0.25, 0.3) is 0 Å². The number of anilines is 1. The van der Waals surface area contributed by atoms with E-state index in [1.54, 1.807) is 11.1 Å². The Morgan fingerprint density at radius 2 is 1.97 bits per heavy atom. The molecule has 5 heterocycles. The number of aromatic nitrogens is 4. The molecule has 1 saturated heterocycles. The van der Waals surface area contributed by atoms with Gasteiger partial charge in [-0.05, 0) is 49.1 Å². The van der Waals surface area contributed by atoms with Crippen molar-refractivity contribution in [1.29, 1.82) is 0 Å². The number of rotatable bonds is 5. The van der Waals surface area contributed by atoms with E-state index in [1.165, 1.54) is 0 Å². The Morgan fingerprint density at radius 3 is 2.81 bits per heavy atom. The highest BCUT2D eigenvalue weighted by atomic mass is 16.5. The maximum absolute atomic E-state index is 12.5. The van der Waals surface area contributed by atoms with E-state index in [0.717, 1.165) is 66.3 Å². The van der Waals surface area contributed by atoms with Gasteiger partial charge in [0.15, 0.2) is 0 Å². The molecule has 2 aromatic heterocycles. The lowest BCUT2D eigenvalue weighted by atomic mass is 10.1. The number of benzene rings is 1. The summed E-state index contributed by atoms with van der Waals surface area (Å²) in [6, 6.07) is 7.59. The standard InChI is InChI=1S/C26H28N8O3/c27-25(36)33-13-19-20(14-33)34(23(30-19)17-3-4-21-16(11-17)7-10-37-21)22-5-8-28-26(31-22)29-18-6-9-32(12-18)24(35)15-1-2-15/h3-5,8,11,15,18H,1-2,6-7,9-10,12-14H2,(H2,27,36)(H,28,29,31)/t18-/m1/s1. The predicted molar refractivity (Wildman–Crippen MR) is 134 cm³/mol. The molecule has 0 bridgehead atoms. The van der Waals surface area contributed by atoms with Gasteiger partial charge in [-0.25, -0.2) is 14.8 Å². The first-order valence-electron chi connectivity index (χ1n) is 12.8. The molecule has 3 aromatic rings. The lowest BCUT2D eigenvalue weighted by Crippen LogP contribution is -2.32. The van der Waals surface area contributed by atoms with Crippen LogP contribution in [0.1, 0.15) is 36.2 Å². The van der Waals surface area contributed by atoms with Gasteiger partial charge in [-0.3, -0.25) is 9.36 Å². The zero-order valence-electron chi connectivity index (χ0n) is 20.4. The van der Waals surface area contributed by atoms with Gasteiger partial charge < -0.3 is 25.6 Å². The fraction of sp³-hybridized carbons (Fsp3) is 0.423. The quantitative estimate of drug-likeness (QED) is 0.548. The third kappa shape index (κ3) is 3.94. The molecule has 0 radical (unpaired) electrons. The first kappa shape index (κ1) is 22.1. The summed E-state index contributed by atoms with van der Waals surface area (Å²) in [5.41, 5.74) is 9.39. The summed E-state index contributed by atoms with van der Waals surface area (Å²) in [5.74, 6) is 3.34. The Kier molecular flexibility index (Phi) is 5.05. The van der Waals surface area contributed by atoms with Gasteiger partial charge in [0.05, 0.1) is 31.1 Å². The number of primary amides is 1. The van der Waals surface area contributed by atoms with Crippen LogP contribution < -0.4 is 15.8 Å². The zero-order chi connectivity index (χ0) is 25.1. The highest BCUT2D eigenvalue weighted by molar-refractivity contribution is 5.81. The van der Waals surface area contributed by atoms with Gasteiger partial charge in [-0.2, -0.15) is 4.98 Å². The van der Waals surface area contributed by atoms with Gasteiger partial charge in [-0.1, -0.05) is 0 Å². The summed E-state index contributed by atoms with van der Waals surface area (Å²) >= 11 is 0. The second-order valence-electron chi connectivity index (χ2n) is 10.2. The minimum Gasteiger partial charge on any atom is -0.493 e. The number of urea groups is 1. The van der Waals surface area contributed by atoms with Crippen molar-refractivity contribution >= 4 is 17.9 Å². The smallest absolute Gasteiger partial charge is 0.315 e. The fourth-order valence-electron chi connectivity index (χ4n) is 5.52. The number of imidazole rings is 1. The number of hydrogen-bond donors (Lipinski definition) is 2.